The lowest BCUT2D eigenvalue weighted by atomic mass is 9.99. The Morgan fingerprint density at radius 1 is 1.11 bits per heavy atom. The van der Waals surface area contributed by atoms with E-state index in [1.807, 2.05) is 19.3 Å². The van der Waals surface area contributed by atoms with Crippen LogP contribution in [0.3, 0.4) is 0 Å². The lowest BCUT2D eigenvalue weighted by Gasteiger charge is -2.18. The second-order valence-corrected chi connectivity index (χ2v) is 4.82. The molecule has 1 heterocycles. The first kappa shape index (κ1) is 13.7. The molecule has 1 unspecified atom stereocenters. The number of benzene rings is 1. The van der Waals surface area contributed by atoms with Gasteiger partial charge in [0.1, 0.15) is 0 Å². The van der Waals surface area contributed by atoms with Crippen molar-refractivity contribution in [3.8, 4) is 0 Å². The van der Waals surface area contributed by atoms with Crippen LogP contribution in [-0.2, 0) is 6.42 Å². The van der Waals surface area contributed by atoms with Crippen LogP contribution < -0.4 is 5.32 Å². The van der Waals surface area contributed by atoms with Crippen molar-refractivity contribution in [2.45, 2.75) is 33.2 Å². The van der Waals surface area contributed by atoms with Gasteiger partial charge in [-0.05, 0) is 37.9 Å². The smallest absolute Gasteiger partial charge is 0.0759 e. The quantitative estimate of drug-likeness (QED) is 0.892. The van der Waals surface area contributed by atoms with Gasteiger partial charge < -0.3 is 5.32 Å². The van der Waals surface area contributed by atoms with Crippen molar-refractivity contribution in [1.82, 2.24) is 15.3 Å². The minimum absolute atomic E-state index is 0.221. The molecule has 3 heteroatoms. The summed E-state index contributed by atoms with van der Waals surface area (Å²) >= 11 is 0. The Bertz CT molecular complexity index is 520. The van der Waals surface area contributed by atoms with Crippen LogP contribution >= 0.6 is 0 Å². The third-order valence-electron chi connectivity index (χ3n) is 3.29. The molecule has 1 atom stereocenters. The molecule has 1 aromatic heterocycles. The summed E-state index contributed by atoms with van der Waals surface area (Å²) in [4.78, 5) is 8.84. The topological polar surface area (TPSA) is 37.8 Å². The van der Waals surface area contributed by atoms with Crippen molar-refractivity contribution < 1.29 is 0 Å². The monoisotopic (exact) mass is 255 g/mol. The van der Waals surface area contributed by atoms with E-state index >= 15 is 0 Å². The van der Waals surface area contributed by atoms with E-state index in [1.54, 1.807) is 0 Å². The molecule has 0 amide bonds. The molecule has 0 saturated carbocycles. The van der Waals surface area contributed by atoms with Crippen molar-refractivity contribution in [3.63, 3.8) is 0 Å². The molecule has 19 heavy (non-hydrogen) atoms. The summed E-state index contributed by atoms with van der Waals surface area (Å²) in [5.41, 5.74) is 4.65. The lowest BCUT2D eigenvalue weighted by Crippen LogP contribution is -2.24. The van der Waals surface area contributed by atoms with Gasteiger partial charge in [0, 0.05) is 6.20 Å². The summed E-state index contributed by atoms with van der Waals surface area (Å²) in [5, 5.41) is 3.49. The fraction of sp³-hybridized carbons (Fsp3) is 0.375. The van der Waals surface area contributed by atoms with Crippen LogP contribution in [0, 0.1) is 13.8 Å². The van der Waals surface area contributed by atoms with Gasteiger partial charge in [-0.3, -0.25) is 9.97 Å². The summed E-state index contributed by atoms with van der Waals surface area (Å²) < 4.78 is 0. The average molecular weight is 255 g/mol. The first-order valence-corrected chi connectivity index (χ1v) is 6.77. The predicted octanol–water partition coefficient (Wildman–Crippen LogP) is 2.99. The molecule has 0 bridgehead atoms. The van der Waals surface area contributed by atoms with Gasteiger partial charge in [0.05, 0.1) is 23.6 Å². The van der Waals surface area contributed by atoms with Gasteiger partial charge in [0.2, 0.25) is 0 Å². The number of aromatic nitrogens is 2. The summed E-state index contributed by atoms with van der Waals surface area (Å²) in [5.74, 6) is 0. The molecule has 0 radical (unpaired) electrons. The van der Waals surface area contributed by atoms with Gasteiger partial charge in [-0.1, -0.05) is 31.2 Å². The number of rotatable bonds is 5. The second-order valence-electron chi connectivity index (χ2n) is 4.82. The summed E-state index contributed by atoms with van der Waals surface area (Å²) in [6.07, 6.45) is 4.65. The largest absolute Gasteiger partial charge is 0.309 e. The van der Waals surface area contributed by atoms with E-state index in [4.69, 9.17) is 0 Å². The number of hydrogen-bond acceptors (Lipinski definition) is 3. The average Bonchev–Trinajstić information content (AvgIpc) is 2.42. The Morgan fingerprint density at radius 3 is 2.53 bits per heavy atom. The van der Waals surface area contributed by atoms with E-state index in [2.05, 4.69) is 53.4 Å². The Morgan fingerprint density at radius 2 is 1.89 bits per heavy atom. The molecule has 0 aliphatic carbocycles. The van der Waals surface area contributed by atoms with Crippen LogP contribution in [0.15, 0.2) is 36.7 Å². The third kappa shape index (κ3) is 3.61. The van der Waals surface area contributed by atoms with Gasteiger partial charge in [0.25, 0.3) is 0 Å². The Hall–Kier alpha value is -1.74. The fourth-order valence-electron chi connectivity index (χ4n) is 2.17. The first-order chi connectivity index (χ1) is 9.20. The molecule has 1 N–H and O–H groups in total. The van der Waals surface area contributed by atoms with Crippen LogP contribution in [0.1, 0.15) is 35.5 Å². The van der Waals surface area contributed by atoms with Gasteiger partial charge >= 0.3 is 0 Å². The molecule has 1 aromatic carbocycles. The minimum atomic E-state index is 0.221. The zero-order valence-electron chi connectivity index (χ0n) is 11.9. The lowest BCUT2D eigenvalue weighted by molar-refractivity contribution is 0.533. The van der Waals surface area contributed by atoms with E-state index in [0.717, 1.165) is 24.4 Å². The van der Waals surface area contributed by atoms with Gasteiger partial charge in [0.15, 0.2) is 0 Å². The van der Waals surface area contributed by atoms with E-state index in [9.17, 15) is 0 Å². The maximum absolute atomic E-state index is 4.50. The van der Waals surface area contributed by atoms with Crippen LogP contribution in [0.4, 0.5) is 0 Å². The molecule has 0 aliphatic heterocycles. The van der Waals surface area contributed by atoms with Crippen LogP contribution in [0.25, 0.3) is 0 Å². The van der Waals surface area contributed by atoms with Crippen molar-refractivity contribution in [2.75, 3.05) is 6.54 Å². The van der Waals surface area contributed by atoms with Crippen molar-refractivity contribution in [3.05, 3.63) is 59.2 Å². The van der Waals surface area contributed by atoms with E-state index < -0.39 is 0 Å². The normalized spacial score (nSPS) is 12.4. The van der Waals surface area contributed by atoms with Gasteiger partial charge in [-0.2, -0.15) is 0 Å². The highest BCUT2D eigenvalue weighted by molar-refractivity contribution is 5.27. The second kappa shape index (κ2) is 6.43. The summed E-state index contributed by atoms with van der Waals surface area (Å²) in [6, 6.07) is 8.72. The zero-order valence-corrected chi connectivity index (χ0v) is 11.9. The summed E-state index contributed by atoms with van der Waals surface area (Å²) in [6.45, 7) is 7.15. The Labute approximate surface area is 115 Å². The Balaban J connectivity index is 2.21. The van der Waals surface area contributed by atoms with E-state index in [1.165, 1.54) is 11.1 Å². The molecule has 0 spiro atoms. The van der Waals surface area contributed by atoms with E-state index in [-0.39, 0.29) is 6.04 Å². The predicted molar refractivity (Wildman–Crippen MR) is 78.1 cm³/mol. The fourth-order valence-corrected chi connectivity index (χ4v) is 2.17. The standard InChI is InChI=1S/C16H21N3/c1-4-17-15(16-11-18-13(3)10-19-16)9-14-8-6-5-7-12(14)2/h5-8,10-11,15,17H,4,9H2,1-3H3. The molecular formula is C16H21N3. The number of nitrogens with zero attached hydrogens (tertiary/aromatic N) is 2. The van der Waals surface area contributed by atoms with Crippen molar-refractivity contribution in [2.24, 2.45) is 0 Å². The number of aryl methyl sites for hydroxylation is 2. The zero-order chi connectivity index (χ0) is 13.7. The third-order valence-corrected chi connectivity index (χ3v) is 3.29. The summed E-state index contributed by atoms with van der Waals surface area (Å²) in [7, 11) is 0. The molecule has 3 nitrogen and oxygen atoms in total. The highest BCUT2D eigenvalue weighted by Gasteiger charge is 2.13. The number of likely N-dealkylation sites (N-methyl/N-ethyl adjacent to an activating group) is 1. The highest BCUT2D eigenvalue weighted by Crippen LogP contribution is 2.18. The SMILES string of the molecule is CCNC(Cc1ccccc1C)c1cnc(C)cn1. The van der Waals surface area contributed by atoms with E-state index in [0.29, 0.717) is 0 Å². The van der Waals surface area contributed by atoms with Crippen LogP contribution in [0.2, 0.25) is 0 Å². The molecule has 2 aromatic rings. The Kier molecular flexibility index (Phi) is 4.63. The maximum Gasteiger partial charge on any atom is 0.0759 e. The number of nitrogens with one attached hydrogen (secondary N) is 1. The van der Waals surface area contributed by atoms with Crippen LogP contribution in [-0.4, -0.2) is 16.5 Å². The first-order valence-electron chi connectivity index (χ1n) is 6.77. The molecule has 0 aliphatic rings. The molecule has 0 fully saturated rings. The van der Waals surface area contributed by atoms with Crippen molar-refractivity contribution in [1.29, 1.82) is 0 Å². The molecule has 0 saturated heterocycles. The maximum atomic E-state index is 4.50. The number of hydrogen-bond donors (Lipinski definition) is 1. The molecule has 100 valence electrons. The minimum Gasteiger partial charge on any atom is -0.309 e. The van der Waals surface area contributed by atoms with Crippen molar-refractivity contribution >= 4 is 0 Å². The van der Waals surface area contributed by atoms with Crippen LogP contribution in [0.5, 0.6) is 0 Å². The molecular weight excluding hydrogens is 234 g/mol. The van der Waals surface area contributed by atoms with Gasteiger partial charge in [-0.25, -0.2) is 0 Å². The molecule has 2 rings (SSSR count). The highest BCUT2D eigenvalue weighted by atomic mass is 14.9. The van der Waals surface area contributed by atoms with Gasteiger partial charge in [-0.15, -0.1) is 0 Å².